The van der Waals surface area contributed by atoms with Crippen molar-refractivity contribution >= 4 is 0 Å². The monoisotopic (exact) mass is 182 g/mol. The van der Waals surface area contributed by atoms with Crippen molar-refractivity contribution in [3.05, 3.63) is 0 Å². The Bertz CT molecular complexity index is 157. The van der Waals surface area contributed by atoms with Crippen LogP contribution in [0.4, 0.5) is 0 Å². The van der Waals surface area contributed by atoms with Crippen LogP contribution in [-0.4, -0.2) is 31.6 Å². The van der Waals surface area contributed by atoms with Crippen LogP contribution in [0.1, 0.15) is 26.7 Å². The summed E-state index contributed by atoms with van der Waals surface area (Å²) in [6.45, 7) is 6.84. The zero-order chi connectivity index (χ0) is 10.3. The first-order valence-electron chi connectivity index (χ1n) is 4.96. The molecule has 0 aromatic rings. The molecular formula is C11H22N2. The molecule has 0 radical (unpaired) electrons. The minimum Gasteiger partial charge on any atom is -0.330 e. The van der Waals surface area contributed by atoms with Gasteiger partial charge in [-0.25, -0.2) is 0 Å². The lowest BCUT2D eigenvalue weighted by Gasteiger charge is -2.33. The average molecular weight is 182 g/mol. The van der Waals surface area contributed by atoms with E-state index >= 15 is 0 Å². The van der Waals surface area contributed by atoms with E-state index < -0.39 is 0 Å². The summed E-state index contributed by atoms with van der Waals surface area (Å²) in [5.74, 6) is 2.65. The Hall–Kier alpha value is -0.520. The summed E-state index contributed by atoms with van der Waals surface area (Å²) in [5, 5.41) is 0. The fourth-order valence-corrected chi connectivity index (χ4v) is 1.61. The molecule has 0 unspecified atom stereocenters. The van der Waals surface area contributed by atoms with Gasteiger partial charge in [0.05, 0.1) is 6.54 Å². The van der Waals surface area contributed by atoms with Crippen molar-refractivity contribution in [2.24, 2.45) is 11.1 Å². The Morgan fingerprint density at radius 3 is 2.23 bits per heavy atom. The second kappa shape index (κ2) is 6.01. The molecule has 0 heterocycles. The zero-order valence-corrected chi connectivity index (χ0v) is 9.14. The molecule has 0 aliphatic heterocycles. The third kappa shape index (κ3) is 3.80. The normalized spacial score (nSPS) is 11.7. The molecule has 2 N–H and O–H groups in total. The van der Waals surface area contributed by atoms with Crippen molar-refractivity contribution < 1.29 is 0 Å². The Kier molecular flexibility index (Phi) is 5.77. The smallest absolute Gasteiger partial charge is 0.0596 e. The third-order valence-electron chi connectivity index (χ3n) is 2.90. The molecule has 76 valence electrons. The summed E-state index contributed by atoms with van der Waals surface area (Å²) in [5.41, 5.74) is 6.05. The average Bonchev–Trinajstić information content (AvgIpc) is 2.15. The molecule has 13 heavy (non-hydrogen) atoms. The van der Waals surface area contributed by atoms with Crippen LogP contribution in [0, 0.1) is 17.8 Å². The van der Waals surface area contributed by atoms with Gasteiger partial charge in [-0.15, -0.1) is 6.42 Å². The fraction of sp³-hybridized carbons (Fsp3) is 0.818. The van der Waals surface area contributed by atoms with Crippen LogP contribution in [0.3, 0.4) is 0 Å². The summed E-state index contributed by atoms with van der Waals surface area (Å²) >= 11 is 0. The molecule has 0 saturated carbocycles. The van der Waals surface area contributed by atoms with Crippen LogP contribution in [0.2, 0.25) is 0 Å². The van der Waals surface area contributed by atoms with Gasteiger partial charge < -0.3 is 5.73 Å². The van der Waals surface area contributed by atoms with E-state index in [1.165, 1.54) is 0 Å². The summed E-state index contributed by atoms with van der Waals surface area (Å²) in [4.78, 5) is 2.17. The van der Waals surface area contributed by atoms with E-state index in [1.807, 2.05) is 0 Å². The molecule has 0 aliphatic carbocycles. The maximum Gasteiger partial charge on any atom is 0.0596 e. The first-order chi connectivity index (χ1) is 6.14. The van der Waals surface area contributed by atoms with Crippen LogP contribution >= 0.6 is 0 Å². The van der Waals surface area contributed by atoms with Gasteiger partial charge in [0.1, 0.15) is 0 Å². The highest BCUT2D eigenvalue weighted by molar-refractivity contribution is 4.90. The predicted molar refractivity (Wildman–Crippen MR) is 58.4 cm³/mol. The number of nitrogens with zero attached hydrogens (tertiary/aromatic N) is 1. The van der Waals surface area contributed by atoms with E-state index in [0.29, 0.717) is 6.54 Å². The van der Waals surface area contributed by atoms with Gasteiger partial charge >= 0.3 is 0 Å². The maximum atomic E-state index is 5.79. The number of hydrogen-bond donors (Lipinski definition) is 1. The van der Waals surface area contributed by atoms with E-state index in [-0.39, 0.29) is 5.41 Å². The highest BCUT2D eigenvalue weighted by Gasteiger charge is 2.25. The maximum absolute atomic E-state index is 5.79. The number of terminal acetylenes is 1. The van der Waals surface area contributed by atoms with Crippen LogP contribution in [0.15, 0.2) is 0 Å². The highest BCUT2D eigenvalue weighted by atomic mass is 15.1. The molecule has 0 atom stereocenters. The Morgan fingerprint density at radius 2 is 1.92 bits per heavy atom. The van der Waals surface area contributed by atoms with Crippen LogP contribution in [0.25, 0.3) is 0 Å². The molecule has 2 nitrogen and oxygen atoms in total. The quantitative estimate of drug-likeness (QED) is 0.628. The molecule has 2 heteroatoms. The second-order valence-corrected chi connectivity index (χ2v) is 3.79. The Balaban J connectivity index is 4.17. The summed E-state index contributed by atoms with van der Waals surface area (Å²) in [6.07, 6.45) is 7.49. The van der Waals surface area contributed by atoms with Crippen LogP contribution in [-0.2, 0) is 0 Å². The molecule has 0 aromatic heterocycles. The third-order valence-corrected chi connectivity index (χ3v) is 2.90. The summed E-state index contributed by atoms with van der Waals surface area (Å²) in [6, 6.07) is 0. The van der Waals surface area contributed by atoms with Crippen molar-refractivity contribution in [1.29, 1.82) is 0 Å². The van der Waals surface area contributed by atoms with Gasteiger partial charge in [0.2, 0.25) is 0 Å². The predicted octanol–water partition coefficient (Wildman–Crippen LogP) is 1.32. The van der Waals surface area contributed by atoms with Gasteiger partial charge in [0.25, 0.3) is 0 Å². The van der Waals surface area contributed by atoms with Crippen molar-refractivity contribution in [2.45, 2.75) is 26.7 Å². The Morgan fingerprint density at radius 1 is 1.38 bits per heavy atom. The van der Waals surface area contributed by atoms with E-state index in [4.69, 9.17) is 12.2 Å². The zero-order valence-electron chi connectivity index (χ0n) is 9.14. The van der Waals surface area contributed by atoms with Crippen molar-refractivity contribution in [3.8, 4) is 12.3 Å². The second-order valence-electron chi connectivity index (χ2n) is 3.79. The molecule has 0 aromatic carbocycles. The van der Waals surface area contributed by atoms with Gasteiger partial charge in [-0.1, -0.05) is 19.8 Å². The highest BCUT2D eigenvalue weighted by Crippen LogP contribution is 2.25. The number of rotatable bonds is 6. The standard InChI is InChI=1S/C11H22N2/c1-5-8-13(4)10-11(6-2,7-3)9-12/h1H,6-10,12H2,2-4H3. The lowest BCUT2D eigenvalue weighted by molar-refractivity contribution is 0.179. The minimum absolute atomic E-state index is 0.256. The lowest BCUT2D eigenvalue weighted by atomic mass is 9.82. The van der Waals surface area contributed by atoms with Gasteiger partial charge in [-0.05, 0) is 31.8 Å². The Labute approximate surface area is 82.5 Å². The van der Waals surface area contributed by atoms with Gasteiger partial charge in [-0.3, -0.25) is 4.90 Å². The molecule has 0 rings (SSSR count). The van der Waals surface area contributed by atoms with Crippen molar-refractivity contribution in [3.63, 3.8) is 0 Å². The van der Waals surface area contributed by atoms with E-state index in [2.05, 4.69) is 31.7 Å². The van der Waals surface area contributed by atoms with E-state index in [1.54, 1.807) is 0 Å². The van der Waals surface area contributed by atoms with Crippen LogP contribution < -0.4 is 5.73 Å². The fourth-order valence-electron chi connectivity index (χ4n) is 1.61. The molecule has 0 aliphatic rings. The van der Waals surface area contributed by atoms with Crippen LogP contribution in [0.5, 0.6) is 0 Å². The van der Waals surface area contributed by atoms with Gasteiger partial charge in [0.15, 0.2) is 0 Å². The largest absolute Gasteiger partial charge is 0.330 e. The molecule has 0 amide bonds. The summed E-state index contributed by atoms with van der Waals surface area (Å²) < 4.78 is 0. The SMILES string of the molecule is C#CCN(C)CC(CC)(CC)CN. The molecule has 0 fully saturated rings. The van der Waals surface area contributed by atoms with E-state index in [0.717, 1.165) is 25.9 Å². The summed E-state index contributed by atoms with van der Waals surface area (Å²) in [7, 11) is 2.05. The number of nitrogens with two attached hydrogens (primary N) is 1. The lowest BCUT2D eigenvalue weighted by Crippen LogP contribution is -2.40. The minimum atomic E-state index is 0.256. The molecule has 0 spiro atoms. The topological polar surface area (TPSA) is 29.3 Å². The first-order valence-corrected chi connectivity index (χ1v) is 4.96. The molecular weight excluding hydrogens is 160 g/mol. The molecule has 0 saturated heterocycles. The molecule has 0 bridgehead atoms. The number of hydrogen-bond acceptors (Lipinski definition) is 2. The van der Waals surface area contributed by atoms with Crippen molar-refractivity contribution in [2.75, 3.05) is 26.7 Å². The van der Waals surface area contributed by atoms with Gasteiger partial charge in [-0.2, -0.15) is 0 Å². The van der Waals surface area contributed by atoms with E-state index in [9.17, 15) is 0 Å². The van der Waals surface area contributed by atoms with Crippen molar-refractivity contribution in [1.82, 2.24) is 4.90 Å². The first kappa shape index (κ1) is 12.5. The van der Waals surface area contributed by atoms with Gasteiger partial charge in [0, 0.05) is 6.54 Å².